The third-order valence-electron chi connectivity index (χ3n) is 2.35. The van der Waals surface area contributed by atoms with E-state index in [0.717, 1.165) is 12.3 Å². The molecule has 2 rings (SSSR count). The number of pyridine rings is 1. The van der Waals surface area contributed by atoms with Crippen molar-refractivity contribution in [2.45, 2.75) is 5.25 Å². The van der Waals surface area contributed by atoms with Crippen LogP contribution >= 0.6 is 23.5 Å². The molecule has 2 heterocycles. The first-order chi connectivity index (χ1) is 8.25. The van der Waals surface area contributed by atoms with Crippen molar-refractivity contribution in [3.05, 3.63) is 28.4 Å². The average molecular weight is 271 g/mol. The van der Waals surface area contributed by atoms with Crippen molar-refractivity contribution < 1.29 is 4.92 Å². The van der Waals surface area contributed by atoms with Gasteiger partial charge in [0.2, 0.25) is 0 Å². The molecule has 1 aliphatic heterocycles. The molecule has 0 aromatic carbocycles. The van der Waals surface area contributed by atoms with Crippen molar-refractivity contribution in [1.82, 2.24) is 4.98 Å². The lowest BCUT2D eigenvalue weighted by atomic mass is 10.4. The minimum absolute atomic E-state index is 0.0261. The Labute approximate surface area is 108 Å². The summed E-state index contributed by atoms with van der Waals surface area (Å²) in [6.07, 6.45) is 1.28. The maximum Gasteiger partial charge on any atom is 0.287 e. The Morgan fingerprint density at radius 3 is 3.00 bits per heavy atom. The van der Waals surface area contributed by atoms with E-state index in [0.29, 0.717) is 11.1 Å². The molecule has 1 aromatic heterocycles. The molecule has 0 aliphatic carbocycles. The average Bonchev–Trinajstić information content (AvgIpc) is 2.38. The van der Waals surface area contributed by atoms with Crippen LogP contribution in [0.1, 0.15) is 0 Å². The molecular weight excluding hydrogens is 258 g/mol. The molecule has 0 saturated carbocycles. The van der Waals surface area contributed by atoms with Crippen LogP contribution in [0.25, 0.3) is 0 Å². The molecule has 0 bridgehead atoms. The number of nitrogens with zero attached hydrogens (tertiary/aromatic N) is 2. The van der Waals surface area contributed by atoms with Crippen LogP contribution in [0.15, 0.2) is 18.3 Å². The third kappa shape index (κ3) is 3.78. The van der Waals surface area contributed by atoms with Crippen molar-refractivity contribution in [3.63, 3.8) is 0 Å². The van der Waals surface area contributed by atoms with Crippen molar-refractivity contribution in [2.75, 3.05) is 29.1 Å². The highest BCUT2D eigenvalue weighted by atomic mass is 32.2. The van der Waals surface area contributed by atoms with Crippen LogP contribution in [0.5, 0.6) is 0 Å². The molecule has 92 valence electrons. The molecule has 7 heteroatoms. The maximum atomic E-state index is 10.5. The van der Waals surface area contributed by atoms with E-state index in [2.05, 4.69) is 10.3 Å². The molecule has 17 heavy (non-hydrogen) atoms. The first-order valence-corrected chi connectivity index (χ1v) is 7.50. The van der Waals surface area contributed by atoms with Crippen LogP contribution in [0.3, 0.4) is 0 Å². The number of nitro groups is 1. The lowest BCUT2D eigenvalue weighted by molar-refractivity contribution is -0.385. The van der Waals surface area contributed by atoms with E-state index >= 15 is 0 Å². The summed E-state index contributed by atoms with van der Waals surface area (Å²) in [6.45, 7) is 0.864. The van der Waals surface area contributed by atoms with Gasteiger partial charge >= 0.3 is 0 Å². The molecule has 0 radical (unpaired) electrons. The quantitative estimate of drug-likeness (QED) is 0.669. The van der Waals surface area contributed by atoms with Crippen LogP contribution in [0.2, 0.25) is 0 Å². The molecule has 5 nitrogen and oxygen atoms in total. The molecule has 1 N–H and O–H groups in total. The van der Waals surface area contributed by atoms with E-state index in [-0.39, 0.29) is 5.69 Å². The summed E-state index contributed by atoms with van der Waals surface area (Å²) >= 11 is 3.95. The molecular formula is C10H13N3O2S2. The van der Waals surface area contributed by atoms with Crippen molar-refractivity contribution in [1.29, 1.82) is 0 Å². The van der Waals surface area contributed by atoms with E-state index < -0.39 is 4.92 Å². The fraction of sp³-hybridized carbons (Fsp3) is 0.500. The van der Waals surface area contributed by atoms with Gasteiger partial charge in [-0.1, -0.05) is 0 Å². The second-order valence-electron chi connectivity index (χ2n) is 3.61. The number of aromatic nitrogens is 1. The second-order valence-corrected chi connectivity index (χ2v) is 6.17. The van der Waals surface area contributed by atoms with Gasteiger partial charge in [0, 0.05) is 35.1 Å². The highest BCUT2D eigenvalue weighted by Crippen LogP contribution is 2.24. The summed E-state index contributed by atoms with van der Waals surface area (Å²) < 4.78 is 0. The summed E-state index contributed by atoms with van der Waals surface area (Å²) in [4.78, 5) is 14.0. The largest absolute Gasteiger partial charge is 0.369 e. The van der Waals surface area contributed by atoms with Crippen LogP contribution < -0.4 is 5.32 Å². The zero-order chi connectivity index (χ0) is 12.1. The minimum atomic E-state index is -0.440. The number of hydrogen-bond acceptors (Lipinski definition) is 6. The van der Waals surface area contributed by atoms with Gasteiger partial charge in [-0.15, -0.1) is 0 Å². The second kappa shape index (κ2) is 6.11. The first-order valence-electron chi connectivity index (χ1n) is 5.29. The summed E-state index contributed by atoms with van der Waals surface area (Å²) in [5, 5.41) is 14.3. The van der Waals surface area contributed by atoms with E-state index in [1.165, 1.54) is 23.8 Å². The molecule has 0 spiro atoms. The summed E-state index contributed by atoms with van der Waals surface area (Å²) in [6, 6.07) is 3.12. The van der Waals surface area contributed by atoms with Crippen molar-refractivity contribution >= 4 is 35.0 Å². The smallest absolute Gasteiger partial charge is 0.287 e. The summed E-state index contributed by atoms with van der Waals surface area (Å²) in [7, 11) is 0. The molecule has 1 atom stereocenters. The van der Waals surface area contributed by atoms with Gasteiger partial charge in [-0.3, -0.25) is 10.1 Å². The van der Waals surface area contributed by atoms with E-state index in [1.807, 2.05) is 23.5 Å². The van der Waals surface area contributed by atoms with Crippen molar-refractivity contribution in [2.24, 2.45) is 0 Å². The van der Waals surface area contributed by atoms with Crippen LogP contribution in [0.4, 0.5) is 11.5 Å². The lowest BCUT2D eigenvalue weighted by Crippen LogP contribution is -2.23. The zero-order valence-electron chi connectivity index (χ0n) is 9.17. The van der Waals surface area contributed by atoms with Gasteiger partial charge in [-0.25, -0.2) is 4.98 Å². The Bertz CT molecular complexity index is 380. The van der Waals surface area contributed by atoms with Crippen molar-refractivity contribution in [3.8, 4) is 0 Å². The molecule has 1 aromatic rings. The zero-order valence-corrected chi connectivity index (χ0v) is 10.8. The monoisotopic (exact) mass is 271 g/mol. The SMILES string of the molecule is O=[N+]([O-])c1ccc(NCC2CSCCS2)nc1. The Morgan fingerprint density at radius 1 is 1.53 bits per heavy atom. The molecule has 1 fully saturated rings. The molecule has 1 saturated heterocycles. The minimum Gasteiger partial charge on any atom is -0.369 e. The Kier molecular flexibility index (Phi) is 4.49. The van der Waals surface area contributed by atoms with E-state index in [9.17, 15) is 10.1 Å². The normalized spacial score (nSPS) is 19.9. The van der Waals surface area contributed by atoms with Gasteiger partial charge in [0.05, 0.1) is 4.92 Å². The number of anilines is 1. The third-order valence-corrected chi connectivity index (χ3v) is 5.20. The van der Waals surface area contributed by atoms with Crippen LogP contribution in [0, 0.1) is 10.1 Å². The van der Waals surface area contributed by atoms with E-state index in [1.54, 1.807) is 6.07 Å². The summed E-state index contributed by atoms with van der Waals surface area (Å²) in [5.41, 5.74) is 0.0261. The highest BCUT2D eigenvalue weighted by molar-refractivity contribution is 8.06. The van der Waals surface area contributed by atoms with Gasteiger partial charge in [0.15, 0.2) is 0 Å². The molecule has 1 aliphatic rings. The van der Waals surface area contributed by atoms with Crippen LogP contribution in [-0.2, 0) is 0 Å². The van der Waals surface area contributed by atoms with Gasteiger partial charge in [-0.2, -0.15) is 23.5 Å². The van der Waals surface area contributed by atoms with E-state index in [4.69, 9.17) is 0 Å². The molecule has 0 amide bonds. The molecule has 1 unspecified atom stereocenters. The Morgan fingerprint density at radius 2 is 2.41 bits per heavy atom. The number of hydrogen-bond donors (Lipinski definition) is 1. The number of rotatable bonds is 4. The highest BCUT2D eigenvalue weighted by Gasteiger charge is 2.14. The fourth-order valence-electron chi connectivity index (χ4n) is 1.47. The Balaban J connectivity index is 1.84. The van der Waals surface area contributed by atoms with Gasteiger partial charge in [0.25, 0.3) is 5.69 Å². The first kappa shape index (κ1) is 12.5. The topological polar surface area (TPSA) is 68.1 Å². The van der Waals surface area contributed by atoms with Gasteiger partial charge < -0.3 is 5.32 Å². The maximum absolute atomic E-state index is 10.5. The predicted octanol–water partition coefficient (Wildman–Crippen LogP) is 2.25. The number of nitrogens with one attached hydrogen (secondary N) is 1. The standard InChI is InChI=1S/C10H13N3O2S2/c14-13(15)8-1-2-10(11-5-8)12-6-9-7-16-3-4-17-9/h1-2,5,9H,3-4,6-7H2,(H,11,12). The predicted molar refractivity (Wildman–Crippen MR) is 73.0 cm³/mol. The lowest BCUT2D eigenvalue weighted by Gasteiger charge is -2.21. The van der Waals surface area contributed by atoms with Gasteiger partial charge in [-0.05, 0) is 6.07 Å². The van der Waals surface area contributed by atoms with Gasteiger partial charge in [0.1, 0.15) is 12.0 Å². The van der Waals surface area contributed by atoms with Crippen LogP contribution in [-0.4, -0.2) is 39.0 Å². The number of thioether (sulfide) groups is 2. The summed E-state index contributed by atoms with van der Waals surface area (Å²) in [5.74, 6) is 4.29. The Hall–Kier alpha value is -0.950. The fourth-order valence-corrected chi connectivity index (χ4v) is 4.08.